The van der Waals surface area contributed by atoms with Gasteiger partial charge in [-0.25, -0.2) is 8.78 Å². The van der Waals surface area contributed by atoms with Gasteiger partial charge < -0.3 is 24.5 Å². The molecular weight excluding hydrogens is 422 g/mol. The van der Waals surface area contributed by atoms with Crippen LogP contribution in [0.15, 0.2) is 45.6 Å². The standard InChI is InChI=1S/C23H22F2N2O5/c1-13(26-17-10-15(24)9-16(25)11-17)18-6-14(8-22(29)30)7-19-20(28)12-21(32-23(18)19)27-2-4-31-5-3-27/h6-7,9-13,26H,2-5,8H2,1H3,(H,29,30). The summed E-state index contributed by atoms with van der Waals surface area (Å²) in [6, 6.07) is 7.06. The van der Waals surface area contributed by atoms with Crippen molar-refractivity contribution in [2.45, 2.75) is 19.4 Å². The van der Waals surface area contributed by atoms with Crippen molar-refractivity contribution in [3.8, 4) is 0 Å². The lowest BCUT2D eigenvalue weighted by molar-refractivity contribution is -0.136. The topological polar surface area (TPSA) is 92.0 Å². The van der Waals surface area contributed by atoms with Gasteiger partial charge in [0.25, 0.3) is 0 Å². The molecule has 0 spiro atoms. The van der Waals surface area contributed by atoms with Crippen LogP contribution in [0.1, 0.15) is 24.1 Å². The lowest BCUT2D eigenvalue weighted by Crippen LogP contribution is -2.36. The van der Waals surface area contributed by atoms with E-state index in [1.807, 2.05) is 4.90 Å². The molecule has 2 aromatic carbocycles. The monoisotopic (exact) mass is 444 g/mol. The van der Waals surface area contributed by atoms with Gasteiger partial charge in [-0.3, -0.25) is 9.59 Å². The van der Waals surface area contributed by atoms with Crippen molar-refractivity contribution in [3.05, 3.63) is 69.4 Å². The smallest absolute Gasteiger partial charge is 0.307 e. The Bertz CT molecular complexity index is 1200. The normalized spacial score (nSPS) is 15.0. The molecule has 0 saturated carbocycles. The molecule has 1 saturated heterocycles. The number of fused-ring (bicyclic) bond motifs is 1. The van der Waals surface area contributed by atoms with Gasteiger partial charge in [0.05, 0.1) is 31.1 Å². The molecule has 0 aliphatic carbocycles. The molecule has 0 radical (unpaired) electrons. The van der Waals surface area contributed by atoms with Crippen LogP contribution >= 0.6 is 0 Å². The number of morpholine rings is 1. The van der Waals surface area contributed by atoms with Crippen molar-refractivity contribution in [1.82, 2.24) is 0 Å². The second-order valence-electron chi connectivity index (χ2n) is 7.70. The Balaban J connectivity index is 1.81. The van der Waals surface area contributed by atoms with Gasteiger partial charge in [0.15, 0.2) is 11.3 Å². The number of carbonyl (C=O) groups is 1. The second-order valence-corrected chi connectivity index (χ2v) is 7.70. The fourth-order valence-electron chi connectivity index (χ4n) is 3.84. The van der Waals surface area contributed by atoms with Gasteiger partial charge >= 0.3 is 5.97 Å². The van der Waals surface area contributed by atoms with E-state index in [0.717, 1.165) is 18.2 Å². The number of benzene rings is 2. The first kappa shape index (κ1) is 21.8. The largest absolute Gasteiger partial charge is 0.481 e. The molecule has 1 aliphatic heterocycles. The summed E-state index contributed by atoms with van der Waals surface area (Å²) in [6.45, 7) is 3.89. The summed E-state index contributed by atoms with van der Waals surface area (Å²) in [5, 5.41) is 12.5. The number of aliphatic carboxylic acids is 1. The first-order chi connectivity index (χ1) is 15.3. The van der Waals surface area contributed by atoms with Crippen molar-refractivity contribution < 1.29 is 27.8 Å². The van der Waals surface area contributed by atoms with Crippen LogP contribution in [0, 0.1) is 11.6 Å². The Morgan fingerprint density at radius 2 is 1.81 bits per heavy atom. The molecule has 32 heavy (non-hydrogen) atoms. The molecule has 9 heteroatoms. The van der Waals surface area contributed by atoms with Crippen LogP contribution in [0.5, 0.6) is 0 Å². The summed E-state index contributed by atoms with van der Waals surface area (Å²) >= 11 is 0. The highest BCUT2D eigenvalue weighted by molar-refractivity contribution is 5.84. The number of rotatable bonds is 6. The predicted octanol–water partition coefficient (Wildman–Crippen LogP) is 3.71. The fourth-order valence-corrected chi connectivity index (χ4v) is 3.84. The molecule has 2 heterocycles. The molecule has 0 amide bonds. The van der Waals surface area contributed by atoms with E-state index < -0.39 is 23.6 Å². The van der Waals surface area contributed by atoms with Gasteiger partial charge in [0.1, 0.15) is 17.2 Å². The first-order valence-electron chi connectivity index (χ1n) is 10.2. The molecule has 1 unspecified atom stereocenters. The van der Waals surface area contributed by atoms with Crippen molar-refractivity contribution in [1.29, 1.82) is 0 Å². The molecule has 1 fully saturated rings. The van der Waals surface area contributed by atoms with E-state index in [4.69, 9.17) is 9.15 Å². The van der Waals surface area contributed by atoms with E-state index in [0.29, 0.717) is 48.9 Å². The Kier molecular flexibility index (Phi) is 6.09. The molecule has 0 bridgehead atoms. The van der Waals surface area contributed by atoms with Crippen molar-refractivity contribution in [2.75, 3.05) is 36.5 Å². The number of nitrogens with one attached hydrogen (secondary N) is 1. The molecule has 7 nitrogen and oxygen atoms in total. The van der Waals surface area contributed by atoms with E-state index in [1.165, 1.54) is 12.1 Å². The summed E-state index contributed by atoms with van der Waals surface area (Å²) in [6.07, 6.45) is -0.283. The van der Waals surface area contributed by atoms with Crippen LogP contribution in [0.25, 0.3) is 11.0 Å². The number of nitrogens with zero attached hydrogens (tertiary/aromatic N) is 1. The maximum Gasteiger partial charge on any atom is 0.307 e. The average molecular weight is 444 g/mol. The van der Waals surface area contributed by atoms with E-state index >= 15 is 0 Å². The molecular formula is C23H22F2N2O5. The van der Waals surface area contributed by atoms with Crippen LogP contribution in [0.3, 0.4) is 0 Å². The van der Waals surface area contributed by atoms with Gasteiger partial charge in [-0.2, -0.15) is 0 Å². The molecule has 1 aromatic heterocycles. The van der Waals surface area contributed by atoms with Gasteiger partial charge in [-0.05, 0) is 36.8 Å². The molecule has 4 rings (SSSR count). The highest BCUT2D eigenvalue weighted by Crippen LogP contribution is 2.31. The summed E-state index contributed by atoms with van der Waals surface area (Å²) < 4.78 is 38.7. The van der Waals surface area contributed by atoms with E-state index in [2.05, 4.69) is 5.32 Å². The zero-order chi connectivity index (χ0) is 22.8. The highest BCUT2D eigenvalue weighted by atomic mass is 19.1. The zero-order valence-electron chi connectivity index (χ0n) is 17.4. The summed E-state index contributed by atoms with van der Waals surface area (Å²) in [5.74, 6) is -2.12. The number of ether oxygens (including phenoxy) is 1. The summed E-state index contributed by atoms with van der Waals surface area (Å²) in [7, 11) is 0. The lowest BCUT2D eigenvalue weighted by Gasteiger charge is -2.27. The van der Waals surface area contributed by atoms with Gasteiger partial charge in [-0.15, -0.1) is 0 Å². The molecule has 3 aromatic rings. The van der Waals surface area contributed by atoms with Crippen LogP contribution in [-0.4, -0.2) is 37.4 Å². The van der Waals surface area contributed by atoms with Crippen molar-refractivity contribution in [3.63, 3.8) is 0 Å². The van der Waals surface area contributed by atoms with Gasteiger partial charge in [0.2, 0.25) is 0 Å². The van der Waals surface area contributed by atoms with Gasteiger partial charge in [0, 0.05) is 36.5 Å². The van der Waals surface area contributed by atoms with Gasteiger partial charge in [-0.1, -0.05) is 0 Å². The summed E-state index contributed by atoms with van der Waals surface area (Å²) in [4.78, 5) is 26.1. The first-order valence-corrected chi connectivity index (χ1v) is 10.2. The SMILES string of the molecule is CC(Nc1cc(F)cc(F)c1)c1cc(CC(=O)O)cc2c(=O)cc(N3CCOCC3)oc12. The maximum absolute atomic E-state index is 13.6. The average Bonchev–Trinajstić information content (AvgIpc) is 2.73. The third-order valence-electron chi connectivity index (χ3n) is 5.29. The van der Waals surface area contributed by atoms with Crippen LogP contribution in [0.2, 0.25) is 0 Å². The fraction of sp³-hybridized carbons (Fsp3) is 0.304. The second kappa shape index (κ2) is 8.96. The third kappa shape index (κ3) is 4.72. The minimum Gasteiger partial charge on any atom is -0.481 e. The molecule has 2 N–H and O–H groups in total. The quantitative estimate of drug-likeness (QED) is 0.599. The van der Waals surface area contributed by atoms with Crippen molar-refractivity contribution >= 4 is 28.5 Å². The van der Waals surface area contributed by atoms with Crippen LogP contribution in [0.4, 0.5) is 20.4 Å². The zero-order valence-corrected chi connectivity index (χ0v) is 17.4. The Hall–Kier alpha value is -3.46. The Morgan fingerprint density at radius 3 is 2.47 bits per heavy atom. The number of halogens is 2. The number of hydrogen-bond acceptors (Lipinski definition) is 6. The third-order valence-corrected chi connectivity index (χ3v) is 5.29. The minimum absolute atomic E-state index is 0.207. The number of carboxylic acid groups (broad SMARTS) is 1. The predicted molar refractivity (Wildman–Crippen MR) is 115 cm³/mol. The molecule has 1 atom stereocenters. The number of carboxylic acids is 1. The number of anilines is 2. The highest BCUT2D eigenvalue weighted by Gasteiger charge is 2.20. The van der Waals surface area contributed by atoms with Crippen LogP contribution < -0.4 is 15.6 Å². The summed E-state index contributed by atoms with van der Waals surface area (Å²) in [5.41, 5.74) is 1.13. The van der Waals surface area contributed by atoms with E-state index in [-0.39, 0.29) is 22.9 Å². The maximum atomic E-state index is 13.6. The Labute approximate surface area is 182 Å². The minimum atomic E-state index is -1.04. The van der Waals surface area contributed by atoms with Crippen LogP contribution in [-0.2, 0) is 16.0 Å². The molecule has 1 aliphatic rings. The molecule has 168 valence electrons. The number of hydrogen-bond donors (Lipinski definition) is 2. The van der Waals surface area contributed by atoms with E-state index in [9.17, 15) is 23.5 Å². The van der Waals surface area contributed by atoms with E-state index in [1.54, 1.807) is 13.0 Å². The van der Waals surface area contributed by atoms with Crippen molar-refractivity contribution in [2.24, 2.45) is 0 Å². The Morgan fingerprint density at radius 1 is 1.12 bits per heavy atom. The lowest BCUT2D eigenvalue weighted by atomic mass is 9.99.